The second kappa shape index (κ2) is 6.29. The van der Waals surface area contributed by atoms with Gasteiger partial charge in [0.1, 0.15) is 0 Å². The van der Waals surface area contributed by atoms with Crippen molar-refractivity contribution in [3.8, 4) is 22.9 Å². The van der Waals surface area contributed by atoms with Crippen molar-refractivity contribution < 1.29 is 14.2 Å². The highest BCUT2D eigenvalue weighted by Crippen LogP contribution is 2.39. The van der Waals surface area contributed by atoms with Gasteiger partial charge in [0, 0.05) is 30.4 Å². The van der Waals surface area contributed by atoms with E-state index >= 15 is 0 Å². The number of hydrogen-bond acceptors (Lipinski definition) is 5. The van der Waals surface area contributed by atoms with E-state index in [2.05, 4.69) is 4.98 Å². The maximum atomic E-state index is 5.61. The Bertz CT molecular complexity index is 556. The minimum atomic E-state index is 0.566. The van der Waals surface area contributed by atoms with Crippen LogP contribution in [0.1, 0.15) is 5.69 Å². The molecule has 0 aliphatic rings. The van der Waals surface area contributed by atoms with Gasteiger partial charge in [-0.1, -0.05) is 0 Å². The Kier molecular flexibility index (Phi) is 4.47. The zero-order valence-electron chi connectivity index (χ0n) is 11.9. The number of rotatable bonds is 6. The molecule has 0 spiro atoms. The number of methoxy groups -OCH3 is 3. The van der Waals surface area contributed by atoms with E-state index in [1.54, 1.807) is 33.9 Å². The van der Waals surface area contributed by atoms with Crippen molar-refractivity contribution in [2.75, 3.05) is 27.9 Å². The second-order valence-electron chi connectivity index (χ2n) is 4.18. The van der Waals surface area contributed by atoms with E-state index in [9.17, 15) is 0 Å². The van der Waals surface area contributed by atoms with Crippen LogP contribution in [0.3, 0.4) is 0 Å². The molecule has 1 heterocycles. The molecule has 0 aliphatic carbocycles. The number of hydrogen-bond donors (Lipinski definition) is 1. The lowest BCUT2D eigenvalue weighted by molar-refractivity contribution is 0.324. The SMILES string of the molecule is COc1cc(-n2cncc2CCN)cc(OC)c1OC. The summed E-state index contributed by atoms with van der Waals surface area (Å²) in [6.07, 6.45) is 4.29. The van der Waals surface area contributed by atoms with Crippen molar-refractivity contribution in [1.82, 2.24) is 9.55 Å². The molecule has 0 aliphatic heterocycles. The zero-order chi connectivity index (χ0) is 14.5. The first-order valence-electron chi connectivity index (χ1n) is 6.26. The first-order chi connectivity index (χ1) is 9.74. The van der Waals surface area contributed by atoms with Crippen LogP contribution in [0.25, 0.3) is 5.69 Å². The first-order valence-corrected chi connectivity index (χ1v) is 6.26. The normalized spacial score (nSPS) is 10.4. The summed E-state index contributed by atoms with van der Waals surface area (Å²) in [7, 11) is 4.77. The third-order valence-electron chi connectivity index (χ3n) is 3.04. The summed E-state index contributed by atoms with van der Waals surface area (Å²) in [5.74, 6) is 1.78. The molecule has 0 amide bonds. The van der Waals surface area contributed by atoms with Gasteiger partial charge < -0.3 is 24.5 Å². The average Bonchev–Trinajstić information content (AvgIpc) is 2.94. The standard InChI is InChI=1S/C14H19N3O3/c1-18-12-6-11(7-13(19-2)14(12)20-3)17-9-16-8-10(17)4-5-15/h6-9H,4-5,15H2,1-3H3. The van der Waals surface area contributed by atoms with E-state index in [4.69, 9.17) is 19.9 Å². The molecule has 2 rings (SSSR count). The van der Waals surface area contributed by atoms with E-state index in [0.29, 0.717) is 23.8 Å². The summed E-state index contributed by atoms with van der Waals surface area (Å²) in [5.41, 5.74) is 7.53. The molecule has 20 heavy (non-hydrogen) atoms. The van der Waals surface area contributed by atoms with Crippen molar-refractivity contribution in [2.45, 2.75) is 6.42 Å². The van der Waals surface area contributed by atoms with Crippen molar-refractivity contribution in [3.05, 3.63) is 30.4 Å². The number of benzene rings is 1. The molecule has 0 bridgehead atoms. The number of aromatic nitrogens is 2. The number of nitrogens with two attached hydrogens (primary N) is 1. The molecule has 6 nitrogen and oxygen atoms in total. The predicted octanol–water partition coefficient (Wildman–Crippen LogP) is 1.40. The fourth-order valence-corrected chi connectivity index (χ4v) is 2.09. The van der Waals surface area contributed by atoms with Gasteiger partial charge in [0.05, 0.1) is 33.3 Å². The Labute approximate surface area is 118 Å². The Balaban J connectivity index is 2.54. The largest absolute Gasteiger partial charge is 0.493 e. The second-order valence-corrected chi connectivity index (χ2v) is 4.18. The van der Waals surface area contributed by atoms with Gasteiger partial charge in [0.2, 0.25) is 5.75 Å². The summed E-state index contributed by atoms with van der Waals surface area (Å²) in [6, 6.07) is 3.76. The lowest BCUT2D eigenvalue weighted by Gasteiger charge is -2.15. The molecule has 0 fully saturated rings. The molecule has 1 aromatic heterocycles. The summed E-state index contributed by atoms with van der Waals surface area (Å²) in [6.45, 7) is 0.566. The molecule has 6 heteroatoms. The van der Waals surface area contributed by atoms with Gasteiger partial charge in [-0.25, -0.2) is 4.98 Å². The fourth-order valence-electron chi connectivity index (χ4n) is 2.09. The molecule has 0 unspecified atom stereocenters. The molecule has 108 valence electrons. The lowest BCUT2D eigenvalue weighted by Crippen LogP contribution is -2.08. The number of imidazole rings is 1. The molecule has 1 aromatic carbocycles. The van der Waals surface area contributed by atoms with E-state index in [-0.39, 0.29) is 0 Å². The van der Waals surface area contributed by atoms with E-state index < -0.39 is 0 Å². The van der Waals surface area contributed by atoms with Crippen molar-refractivity contribution in [2.24, 2.45) is 5.73 Å². The highest BCUT2D eigenvalue weighted by atomic mass is 16.5. The minimum Gasteiger partial charge on any atom is -0.493 e. The van der Waals surface area contributed by atoms with Gasteiger partial charge in [-0.2, -0.15) is 0 Å². The highest BCUT2D eigenvalue weighted by molar-refractivity contribution is 5.58. The fraction of sp³-hybridized carbons (Fsp3) is 0.357. The Morgan fingerprint density at radius 2 is 1.75 bits per heavy atom. The van der Waals surface area contributed by atoms with E-state index in [0.717, 1.165) is 17.8 Å². The van der Waals surface area contributed by atoms with E-state index in [1.807, 2.05) is 16.7 Å². The Hall–Kier alpha value is -2.21. The van der Waals surface area contributed by atoms with Gasteiger partial charge >= 0.3 is 0 Å². The molecular weight excluding hydrogens is 258 g/mol. The molecule has 2 N–H and O–H groups in total. The average molecular weight is 277 g/mol. The van der Waals surface area contributed by atoms with Crippen molar-refractivity contribution in [1.29, 1.82) is 0 Å². The molecule has 0 atom stereocenters. The van der Waals surface area contributed by atoms with Crippen LogP contribution in [-0.4, -0.2) is 37.4 Å². The smallest absolute Gasteiger partial charge is 0.203 e. The molecule has 0 saturated heterocycles. The number of ether oxygens (including phenoxy) is 3. The highest BCUT2D eigenvalue weighted by Gasteiger charge is 2.15. The maximum Gasteiger partial charge on any atom is 0.203 e. The van der Waals surface area contributed by atoms with Crippen LogP contribution in [0.4, 0.5) is 0 Å². The van der Waals surface area contributed by atoms with Gasteiger partial charge in [0.25, 0.3) is 0 Å². The topological polar surface area (TPSA) is 71.5 Å². The number of nitrogens with zero attached hydrogens (tertiary/aromatic N) is 2. The van der Waals surface area contributed by atoms with Crippen molar-refractivity contribution in [3.63, 3.8) is 0 Å². The first kappa shape index (κ1) is 14.2. The third-order valence-corrected chi connectivity index (χ3v) is 3.04. The summed E-state index contributed by atoms with van der Waals surface area (Å²) in [5, 5.41) is 0. The summed E-state index contributed by atoms with van der Waals surface area (Å²) in [4.78, 5) is 4.17. The van der Waals surface area contributed by atoms with Crippen LogP contribution in [0.15, 0.2) is 24.7 Å². The van der Waals surface area contributed by atoms with Gasteiger partial charge in [-0.15, -0.1) is 0 Å². The Morgan fingerprint density at radius 1 is 1.10 bits per heavy atom. The quantitative estimate of drug-likeness (QED) is 0.864. The third kappa shape index (κ3) is 2.55. The summed E-state index contributed by atoms with van der Waals surface area (Å²) >= 11 is 0. The minimum absolute atomic E-state index is 0.566. The van der Waals surface area contributed by atoms with Gasteiger partial charge in [-0.05, 0) is 6.54 Å². The lowest BCUT2D eigenvalue weighted by atomic mass is 10.2. The molecule has 0 radical (unpaired) electrons. The summed E-state index contributed by atoms with van der Waals surface area (Å²) < 4.78 is 18.0. The monoisotopic (exact) mass is 277 g/mol. The van der Waals surface area contributed by atoms with Crippen LogP contribution in [-0.2, 0) is 6.42 Å². The van der Waals surface area contributed by atoms with Gasteiger partial charge in [-0.3, -0.25) is 0 Å². The van der Waals surface area contributed by atoms with Crippen LogP contribution >= 0.6 is 0 Å². The van der Waals surface area contributed by atoms with Crippen molar-refractivity contribution >= 4 is 0 Å². The van der Waals surface area contributed by atoms with Crippen LogP contribution < -0.4 is 19.9 Å². The van der Waals surface area contributed by atoms with Crippen LogP contribution in [0, 0.1) is 0 Å². The molecule has 0 saturated carbocycles. The molecule has 2 aromatic rings. The van der Waals surface area contributed by atoms with Crippen LogP contribution in [0.5, 0.6) is 17.2 Å². The molecular formula is C14H19N3O3. The predicted molar refractivity (Wildman–Crippen MR) is 76.0 cm³/mol. The maximum absolute atomic E-state index is 5.61. The van der Waals surface area contributed by atoms with E-state index in [1.165, 1.54) is 0 Å². The zero-order valence-corrected chi connectivity index (χ0v) is 11.9. The van der Waals surface area contributed by atoms with Gasteiger partial charge in [0.15, 0.2) is 11.5 Å². The Morgan fingerprint density at radius 3 is 2.25 bits per heavy atom. The van der Waals surface area contributed by atoms with Crippen LogP contribution in [0.2, 0.25) is 0 Å².